The van der Waals surface area contributed by atoms with Crippen molar-refractivity contribution in [1.29, 1.82) is 0 Å². The fourth-order valence-corrected chi connectivity index (χ4v) is 4.98. The van der Waals surface area contributed by atoms with Gasteiger partial charge in [-0.25, -0.2) is 12.8 Å². The molecule has 0 saturated carbocycles. The normalized spacial score (nSPS) is 18.2. The Morgan fingerprint density at radius 2 is 1.89 bits per heavy atom. The zero-order valence-corrected chi connectivity index (χ0v) is 15.9. The second-order valence-electron chi connectivity index (χ2n) is 6.55. The molecule has 3 rings (SSSR count). The van der Waals surface area contributed by atoms with Gasteiger partial charge in [0, 0.05) is 12.6 Å². The molecule has 0 N–H and O–H groups in total. The Bertz CT molecular complexity index is 912. The van der Waals surface area contributed by atoms with Gasteiger partial charge in [-0.3, -0.25) is 4.79 Å². The number of benzene rings is 2. The van der Waals surface area contributed by atoms with Crippen LogP contribution in [-0.4, -0.2) is 43.4 Å². The van der Waals surface area contributed by atoms with Crippen molar-refractivity contribution in [2.45, 2.75) is 25.9 Å². The first kappa shape index (κ1) is 19.4. The molecular weight excluding hydrogens is 369 g/mol. The topological polar surface area (TPSA) is 63.7 Å². The summed E-state index contributed by atoms with van der Waals surface area (Å²) in [6.07, 6.45) is 0.395. The molecule has 5 nitrogen and oxygen atoms in total. The molecule has 1 fully saturated rings. The largest absolute Gasteiger partial charge is 0.493 e. The highest BCUT2D eigenvalue weighted by Crippen LogP contribution is 2.26. The van der Waals surface area contributed by atoms with Crippen LogP contribution in [0.25, 0.3) is 0 Å². The highest BCUT2D eigenvalue weighted by atomic mass is 32.2. The molecule has 1 amide bonds. The number of carbonyl (C=O) groups excluding carboxylic acids is 1. The second-order valence-corrected chi connectivity index (χ2v) is 8.77. The van der Waals surface area contributed by atoms with Gasteiger partial charge in [0.25, 0.3) is 5.91 Å². The lowest BCUT2D eigenvalue weighted by atomic mass is 10.1. The summed E-state index contributed by atoms with van der Waals surface area (Å²) in [5, 5.41) is 0. The highest BCUT2D eigenvalue weighted by molar-refractivity contribution is 7.91. The highest BCUT2D eigenvalue weighted by Gasteiger charge is 2.35. The summed E-state index contributed by atoms with van der Waals surface area (Å²) in [5.74, 6) is -0.170. The average molecular weight is 391 g/mol. The molecule has 2 aromatic carbocycles. The van der Waals surface area contributed by atoms with Gasteiger partial charge < -0.3 is 9.64 Å². The van der Waals surface area contributed by atoms with Crippen molar-refractivity contribution in [2.24, 2.45) is 0 Å². The van der Waals surface area contributed by atoms with E-state index >= 15 is 0 Å². The SMILES string of the molecule is CCOc1ccccc1C(=O)N(Cc1ccc(F)cc1)[C@H]1CCS(=O)(=O)C1. The molecular formula is C20H22FNO4S. The zero-order chi connectivity index (χ0) is 19.4. The maximum atomic E-state index is 13.3. The van der Waals surface area contributed by atoms with Gasteiger partial charge in [-0.1, -0.05) is 24.3 Å². The number of hydrogen-bond acceptors (Lipinski definition) is 4. The third-order valence-corrected chi connectivity index (χ3v) is 6.34. The number of nitrogens with zero attached hydrogens (tertiary/aromatic N) is 1. The standard InChI is InChI=1S/C20H22FNO4S/c1-2-26-19-6-4-3-5-18(19)20(23)22(17-11-12-27(24,25)14-17)13-15-7-9-16(21)10-8-15/h3-10,17H,2,11-14H2,1H3/t17-/m0/s1. The molecule has 1 saturated heterocycles. The van der Waals surface area contributed by atoms with E-state index in [4.69, 9.17) is 4.74 Å². The summed E-state index contributed by atoms with van der Waals surface area (Å²) in [6, 6.07) is 12.4. The number of rotatable bonds is 6. The fraction of sp³-hybridized carbons (Fsp3) is 0.350. The van der Waals surface area contributed by atoms with Crippen molar-refractivity contribution in [1.82, 2.24) is 4.90 Å². The molecule has 0 bridgehead atoms. The molecule has 1 heterocycles. The summed E-state index contributed by atoms with van der Waals surface area (Å²) >= 11 is 0. The lowest BCUT2D eigenvalue weighted by Gasteiger charge is -2.29. The van der Waals surface area contributed by atoms with Gasteiger partial charge in [-0.15, -0.1) is 0 Å². The van der Waals surface area contributed by atoms with Crippen molar-refractivity contribution in [3.05, 3.63) is 65.5 Å². The monoisotopic (exact) mass is 391 g/mol. The van der Waals surface area contributed by atoms with Gasteiger partial charge >= 0.3 is 0 Å². The lowest BCUT2D eigenvalue weighted by molar-refractivity contribution is 0.0676. The fourth-order valence-electron chi connectivity index (χ4n) is 3.25. The molecule has 0 spiro atoms. The summed E-state index contributed by atoms with van der Waals surface area (Å²) in [4.78, 5) is 14.9. The zero-order valence-electron chi connectivity index (χ0n) is 15.1. The first-order chi connectivity index (χ1) is 12.9. The molecule has 0 aromatic heterocycles. The maximum absolute atomic E-state index is 13.3. The number of sulfone groups is 1. The second kappa shape index (κ2) is 8.08. The van der Waals surface area contributed by atoms with Crippen LogP contribution in [0.15, 0.2) is 48.5 Å². The predicted molar refractivity (Wildman–Crippen MR) is 101 cm³/mol. The van der Waals surface area contributed by atoms with E-state index in [9.17, 15) is 17.6 Å². The van der Waals surface area contributed by atoms with Gasteiger partial charge in [-0.2, -0.15) is 0 Å². The van der Waals surface area contributed by atoms with E-state index in [0.717, 1.165) is 5.56 Å². The number of carbonyl (C=O) groups is 1. The van der Waals surface area contributed by atoms with Gasteiger partial charge in [0.2, 0.25) is 0 Å². The van der Waals surface area contributed by atoms with E-state index in [1.54, 1.807) is 41.3 Å². The summed E-state index contributed by atoms with van der Waals surface area (Å²) < 4.78 is 42.7. The molecule has 144 valence electrons. The first-order valence-corrected chi connectivity index (χ1v) is 10.7. The van der Waals surface area contributed by atoms with Gasteiger partial charge in [0.05, 0.1) is 23.7 Å². The molecule has 1 atom stereocenters. The number of halogens is 1. The van der Waals surface area contributed by atoms with Crippen molar-refractivity contribution in [3.8, 4) is 5.75 Å². The van der Waals surface area contributed by atoms with Crippen molar-refractivity contribution in [2.75, 3.05) is 18.1 Å². The first-order valence-electron chi connectivity index (χ1n) is 8.87. The van der Waals surface area contributed by atoms with Crippen molar-refractivity contribution in [3.63, 3.8) is 0 Å². The maximum Gasteiger partial charge on any atom is 0.258 e. The summed E-state index contributed by atoms with van der Waals surface area (Å²) in [7, 11) is -3.16. The predicted octanol–water partition coefficient (Wildman–Crippen LogP) is 3.05. The van der Waals surface area contributed by atoms with E-state index in [1.165, 1.54) is 12.1 Å². The third-order valence-electron chi connectivity index (χ3n) is 4.59. The molecule has 0 unspecified atom stereocenters. The van der Waals surface area contributed by atoms with Gasteiger partial charge in [0.15, 0.2) is 9.84 Å². The summed E-state index contributed by atoms with van der Waals surface area (Å²) in [5.41, 5.74) is 1.13. The van der Waals surface area contributed by atoms with E-state index in [2.05, 4.69) is 0 Å². The van der Waals surface area contributed by atoms with Gasteiger partial charge in [-0.05, 0) is 43.2 Å². The van der Waals surface area contributed by atoms with E-state index in [1.807, 2.05) is 6.92 Å². The Labute approximate surface area is 158 Å². The third kappa shape index (κ3) is 4.66. The summed E-state index contributed by atoms with van der Waals surface area (Å²) in [6.45, 7) is 2.46. The van der Waals surface area contributed by atoms with Crippen LogP contribution in [0.4, 0.5) is 4.39 Å². The van der Waals surface area contributed by atoms with Gasteiger partial charge in [0.1, 0.15) is 11.6 Å². The van der Waals surface area contributed by atoms with Crippen LogP contribution in [0.1, 0.15) is 29.3 Å². The Hall–Kier alpha value is -2.41. The number of para-hydroxylation sites is 1. The average Bonchev–Trinajstić information content (AvgIpc) is 3.01. The van der Waals surface area contributed by atoms with Crippen LogP contribution in [0.3, 0.4) is 0 Å². The minimum atomic E-state index is -3.16. The van der Waals surface area contributed by atoms with Crippen LogP contribution in [0.2, 0.25) is 0 Å². The quantitative estimate of drug-likeness (QED) is 0.759. The molecule has 0 radical (unpaired) electrons. The minimum Gasteiger partial charge on any atom is -0.493 e. The Morgan fingerprint density at radius 1 is 1.19 bits per heavy atom. The molecule has 1 aliphatic heterocycles. The van der Waals surface area contributed by atoms with Crippen LogP contribution in [-0.2, 0) is 16.4 Å². The minimum absolute atomic E-state index is 0.0588. The van der Waals surface area contributed by atoms with E-state index in [-0.39, 0.29) is 29.8 Å². The molecule has 1 aliphatic rings. The Balaban J connectivity index is 1.94. The lowest BCUT2D eigenvalue weighted by Crippen LogP contribution is -2.40. The Morgan fingerprint density at radius 3 is 2.52 bits per heavy atom. The smallest absolute Gasteiger partial charge is 0.258 e. The molecule has 0 aliphatic carbocycles. The van der Waals surface area contributed by atoms with Crippen LogP contribution >= 0.6 is 0 Å². The molecule has 2 aromatic rings. The van der Waals surface area contributed by atoms with Crippen molar-refractivity contribution < 1.29 is 22.3 Å². The van der Waals surface area contributed by atoms with Crippen LogP contribution < -0.4 is 4.74 Å². The van der Waals surface area contributed by atoms with E-state index in [0.29, 0.717) is 24.3 Å². The van der Waals surface area contributed by atoms with Crippen molar-refractivity contribution >= 4 is 15.7 Å². The van der Waals surface area contributed by atoms with Crippen LogP contribution in [0.5, 0.6) is 5.75 Å². The Kier molecular flexibility index (Phi) is 5.79. The number of hydrogen-bond donors (Lipinski definition) is 0. The number of amides is 1. The molecule has 27 heavy (non-hydrogen) atoms. The van der Waals surface area contributed by atoms with E-state index < -0.39 is 15.9 Å². The van der Waals surface area contributed by atoms with Crippen LogP contribution in [0, 0.1) is 5.82 Å². The number of ether oxygens (including phenoxy) is 1. The molecule has 7 heteroatoms.